The zero-order chi connectivity index (χ0) is 21.8. The molecule has 1 saturated heterocycles. The first kappa shape index (κ1) is 20.9. The van der Waals surface area contributed by atoms with Gasteiger partial charge in [0.05, 0.1) is 17.4 Å². The molecule has 156 valence electrons. The van der Waals surface area contributed by atoms with Crippen LogP contribution in [0.2, 0.25) is 0 Å². The van der Waals surface area contributed by atoms with Gasteiger partial charge in [0.25, 0.3) is 0 Å². The normalized spacial score (nSPS) is 15.9. The van der Waals surface area contributed by atoms with Crippen molar-refractivity contribution in [3.8, 4) is 0 Å². The van der Waals surface area contributed by atoms with Gasteiger partial charge in [0.2, 0.25) is 17.7 Å². The van der Waals surface area contributed by atoms with Crippen molar-refractivity contribution in [3.63, 3.8) is 0 Å². The Kier molecular flexibility index (Phi) is 6.18. The number of hydrogen-bond donors (Lipinski definition) is 1. The molecule has 3 aromatic carbocycles. The zero-order valence-electron chi connectivity index (χ0n) is 17.1. The van der Waals surface area contributed by atoms with Crippen LogP contribution in [0.1, 0.15) is 17.5 Å². The Balaban J connectivity index is 1.36. The zero-order valence-corrected chi connectivity index (χ0v) is 17.9. The van der Waals surface area contributed by atoms with Crippen molar-refractivity contribution in [2.45, 2.75) is 29.9 Å². The predicted molar refractivity (Wildman–Crippen MR) is 123 cm³/mol. The smallest absolute Gasteiger partial charge is 0.247 e. The van der Waals surface area contributed by atoms with Gasteiger partial charge in [0.1, 0.15) is 0 Å². The van der Waals surface area contributed by atoms with E-state index in [1.165, 1.54) is 16.7 Å². The van der Waals surface area contributed by atoms with Crippen LogP contribution < -0.4 is 10.2 Å². The van der Waals surface area contributed by atoms with Gasteiger partial charge in [-0.25, -0.2) is 4.90 Å². The molecule has 0 saturated carbocycles. The average molecular weight is 431 g/mol. The van der Waals surface area contributed by atoms with Crippen molar-refractivity contribution in [3.05, 3.63) is 90.0 Å². The van der Waals surface area contributed by atoms with E-state index in [0.29, 0.717) is 17.8 Å². The third-order valence-corrected chi connectivity index (χ3v) is 6.22. The molecule has 4 rings (SSSR count). The summed E-state index contributed by atoms with van der Waals surface area (Å²) < 4.78 is 0. The summed E-state index contributed by atoms with van der Waals surface area (Å²) in [5.41, 5.74) is 3.33. The summed E-state index contributed by atoms with van der Waals surface area (Å²) in [6.07, 6.45) is 0.484. The molecule has 1 N–H and O–H groups in total. The van der Waals surface area contributed by atoms with Gasteiger partial charge in [-0.05, 0) is 48.9 Å². The van der Waals surface area contributed by atoms with E-state index in [4.69, 9.17) is 0 Å². The molecule has 1 aliphatic heterocycles. The summed E-state index contributed by atoms with van der Waals surface area (Å²) in [6.45, 7) is 1.96. The number of amides is 3. The molecule has 0 aliphatic carbocycles. The second-order valence-corrected chi connectivity index (χ2v) is 8.72. The van der Waals surface area contributed by atoms with Crippen LogP contribution in [0.25, 0.3) is 0 Å². The molecule has 1 atom stereocenters. The number of rotatable bonds is 6. The largest absolute Gasteiger partial charge is 0.326 e. The molecular formula is C25H22N2O3S. The molecule has 1 aliphatic rings. The van der Waals surface area contributed by atoms with Gasteiger partial charge in [0.15, 0.2) is 0 Å². The van der Waals surface area contributed by atoms with Gasteiger partial charge in [-0.1, -0.05) is 48.0 Å². The third-order valence-electron chi connectivity index (χ3n) is 5.02. The van der Waals surface area contributed by atoms with Crippen molar-refractivity contribution >= 4 is 40.9 Å². The number of anilines is 2. The summed E-state index contributed by atoms with van der Waals surface area (Å²) in [5.74, 6) is -0.466. The van der Waals surface area contributed by atoms with Gasteiger partial charge < -0.3 is 5.32 Å². The number of nitrogens with one attached hydrogen (secondary N) is 1. The van der Waals surface area contributed by atoms with Crippen molar-refractivity contribution in [2.75, 3.05) is 10.2 Å². The van der Waals surface area contributed by atoms with E-state index in [0.717, 1.165) is 16.0 Å². The van der Waals surface area contributed by atoms with E-state index in [9.17, 15) is 14.4 Å². The fourth-order valence-electron chi connectivity index (χ4n) is 3.43. The first-order valence-electron chi connectivity index (χ1n) is 10.0. The van der Waals surface area contributed by atoms with Crippen LogP contribution in [0.4, 0.5) is 11.4 Å². The number of nitrogens with zero attached hydrogens (tertiary/aromatic N) is 1. The predicted octanol–water partition coefficient (Wildman–Crippen LogP) is 4.60. The molecule has 0 bridgehead atoms. The molecular weight excluding hydrogens is 408 g/mol. The minimum absolute atomic E-state index is 0.0862. The SMILES string of the molecule is Cc1ccc(N2C(=O)CC(Sc3ccc(NC(=O)Cc4ccccc4)cc3)C2=O)cc1. The quantitative estimate of drug-likeness (QED) is 0.581. The molecule has 6 heteroatoms. The van der Waals surface area contributed by atoms with E-state index >= 15 is 0 Å². The van der Waals surface area contributed by atoms with Crippen LogP contribution in [0.5, 0.6) is 0 Å². The lowest BCUT2D eigenvalue weighted by molar-refractivity contribution is -0.121. The highest BCUT2D eigenvalue weighted by atomic mass is 32.2. The molecule has 1 unspecified atom stereocenters. The van der Waals surface area contributed by atoms with Gasteiger partial charge in [-0.2, -0.15) is 0 Å². The molecule has 0 aromatic heterocycles. The molecule has 5 nitrogen and oxygen atoms in total. The average Bonchev–Trinajstić information content (AvgIpc) is 3.04. The summed E-state index contributed by atoms with van der Waals surface area (Å²) in [4.78, 5) is 39.6. The second-order valence-electron chi connectivity index (χ2n) is 7.45. The fraction of sp³-hybridized carbons (Fsp3) is 0.160. The van der Waals surface area contributed by atoms with Gasteiger partial charge in [0, 0.05) is 17.0 Å². The van der Waals surface area contributed by atoms with Gasteiger partial charge >= 0.3 is 0 Å². The summed E-state index contributed by atoms with van der Waals surface area (Å²) >= 11 is 1.37. The van der Waals surface area contributed by atoms with E-state index in [2.05, 4.69) is 5.32 Å². The third kappa shape index (κ3) is 5.03. The highest BCUT2D eigenvalue weighted by molar-refractivity contribution is 8.00. The Morgan fingerprint density at radius 1 is 0.968 bits per heavy atom. The maximum absolute atomic E-state index is 12.8. The molecule has 0 radical (unpaired) electrons. The van der Waals surface area contributed by atoms with Crippen LogP contribution in [-0.2, 0) is 20.8 Å². The van der Waals surface area contributed by atoms with Gasteiger partial charge in [-0.3, -0.25) is 14.4 Å². The lowest BCUT2D eigenvalue weighted by atomic mass is 10.1. The first-order valence-corrected chi connectivity index (χ1v) is 10.9. The Morgan fingerprint density at radius 3 is 2.32 bits per heavy atom. The molecule has 3 amide bonds. The lowest BCUT2D eigenvalue weighted by Gasteiger charge is -2.15. The number of hydrogen-bond acceptors (Lipinski definition) is 4. The minimum Gasteiger partial charge on any atom is -0.326 e. The van der Waals surface area contributed by atoms with Crippen LogP contribution in [0.3, 0.4) is 0 Å². The highest BCUT2D eigenvalue weighted by Gasteiger charge is 2.40. The number of thioether (sulfide) groups is 1. The van der Waals surface area contributed by atoms with E-state index < -0.39 is 5.25 Å². The van der Waals surface area contributed by atoms with E-state index in [-0.39, 0.29) is 24.1 Å². The standard InChI is InChI=1S/C25H22N2O3S/c1-17-7-11-20(12-8-17)27-24(29)16-22(25(27)30)31-21-13-9-19(10-14-21)26-23(28)15-18-5-3-2-4-6-18/h2-14,22H,15-16H2,1H3,(H,26,28). The number of benzene rings is 3. The topological polar surface area (TPSA) is 66.5 Å². The Morgan fingerprint density at radius 2 is 1.65 bits per heavy atom. The molecule has 31 heavy (non-hydrogen) atoms. The number of imide groups is 1. The lowest BCUT2D eigenvalue weighted by Crippen LogP contribution is -2.31. The van der Waals surface area contributed by atoms with Crippen molar-refractivity contribution in [2.24, 2.45) is 0 Å². The van der Waals surface area contributed by atoms with Crippen LogP contribution in [0, 0.1) is 6.92 Å². The monoisotopic (exact) mass is 430 g/mol. The van der Waals surface area contributed by atoms with E-state index in [1.54, 1.807) is 12.1 Å². The molecule has 0 spiro atoms. The maximum atomic E-state index is 12.8. The highest BCUT2D eigenvalue weighted by Crippen LogP contribution is 2.34. The molecule has 1 fully saturated rings. The minimum atomic E-state index is -0.452. The summed E-state index contributed by atoms with van der Waals surface area (Å²) in [6, 6.07) is 24.3. The van der Waals surface area contributed by atoms with Crippen molar-refractivity contribution in [1.29, 1.82) is 0 Å². The van der Waals surface area contributed by atoms with Crippen LogP contribution in [0.15, 0.2) is 83.8 Å². The number of aryl methyl sites for hydroxylation is 1. The molecule has 3 aromatic rings. The second kappa shape index (κ2) is 9.18. The van der Waals surface area contributed by atoms with E-state index in [1.807, 2.05) is 73.7 Å². The summed E-state index contributed by atoms with van der Waals surface area (Å²) in [5, 5.41) is 2.43. The maximum Gasteiger partial charge on any atom is 0.247 e. The molecule has 1 heterocycles. The Bertz CT molecular complexity index is 1100. The van der Waals surface area contributed by atoms with Crippen molar-refractivity contribution in [1.82, 2.24) is 0 Å². The van der Waals surface area contributed by atoms with Crippen molar-refractivity contribution < 1.29 is 14.4 Å². The van der Waals surface area contributed by atoms with Crippen LogP contribution >= 0.6 is 11.8 Å². The Labute approximate surface area is 185 Å². The number of carbonyl (C=O) groups is 3. The number of carbonyl (C=O) groups excluding carboxylic acids is 3. The first-order chi connectivity index (χ1) is 15.0. The summed E-state index contributed by atoms with van der Waals surface area (Å²) in [7, 11) is 0. The van der Waals surface area contributed by atoms with Gasteiger partial charge in [-0.15, -0.1) is 11.8 Å². The van der Waals surface area contributed by atoms with Crippen LogP contribution in [-0.4, -0.2) is 23.0 Å². The fourth-order valence-corrected chi connectivity index (χ4v) is 4.48. The Hall–Kier alpha value is -3.38.